The average Bonchev–Trinajstić information content (AvgIpc) is 3.29. The summed E-state index contributed by atoms with van der Waals surface area (Å²) in [5, 5.41) is 3.05. The number of amides is 1. The van der Waals surface area contributed by atoms with E-state index in [4.69, 9.17) is 0 Å². The molecule has 128 valence electrons. The van der Waals surface area contributed by atoms with Gasteiger partial charge in [0.05, 0.1) is 36.0 Å². The maximum Gasteiger partial charge on any atom is 0.253 e. The summed E-state index contributed by atoms with van der Waals surface area (Å²) in [6.07, 6.45) is 10.5. The second-order valence-corrected chi connectivity index (χ2v) is 6.45. The van der Waals surface area contributed by atoms with Crippen LogP contribution in [0.15, 0.2) is 43.1 Å². The zero-order chi connectivity index (χ0) is 17.2. The molecule has 0 unspecified atom stereocenters. The van der Waals surface area contributed by atoms with E-state index in [-0.39, 0.29) is 5.91 Å². The topological polar surface area (TPSA) is 64.7 Å². The number of nitrogens with zero attached hydrogens (tertiary/aromatic N) is 4. The molecule has 4 rings (SSSR count). The van der Waals surface area contributed by atoms with Crippen molar-refractivity contribution >= 4 is 5.91 Å². The minimum atomic E-state index is -0.0845. The van der Waals surface area contributed by atoms with E-state index in [1.807, 2.05) is 42.1 Å². The summed E-state index contributed by atoms with van der Waals surface area (Å²) in [6.45, 7) is 3.47. The van der Waals surface area contributed by atoms with Crippen molar-refractivity contribution in [2.45, 2.75) is 39.3 Å². The standard InChI is InChI=1S/C19H21N5O/c1-14-5-6-17(23-9-7-20-13-23)16(10-14)19(25)22-12-15-11-21-18-4-2-3-8-24(15)18/h5-7,9-11,13H,2-4,8,12H2,1H3,(H,22,25). The molecule has 0 radical (unpaired) electrons. The highest BCUT2D eigenvalue weighted by Gasteiger charge is 2.16. The summed E-state index contributed by atoms with van der Waals surface area (Å²) in [4.78, 5) is 21.4. The number of benzene rings is 1. The SMILES string of the molecule is Cc1ccc(-n2ccnc2)c(C(=O)NCc2cnc3n2CCCC3)c1. The van der Waals surface area contributed by atoms with Gasteiger partial charge in [0.25, 0.3) is 5.91 Å². The number of carbonyl (C=O) groups is 1. The summed E-state index contributed by atoms with van der Waals surface area (Å²) in [6, 6.07) is 5.86. The molecular weight excluding hydrogens is 314 g/mol. The quantitative estimate of drug-likeness (QED) is 0.797. The van der Waals surface area contributed by atoms with E-state index in [9.17, 15) is 4.79 Å². The van der Waals surface area contributed by atoms with Gasteiger partial charge in [0, 0.05) is 25.4 Å². The van der Waals surface area contributed by atoms with Crippen molar-refractivity contribution in [2.24, 2.45) is 0 Å². The number of hydrogen-bond acceptors (Lipinski definition) is 3. The van der Waals surface area contributed by atoms with Gasteiger partial charge in [0.1, 0.15) is 5.82 Å². The van der Waals surface area contributed by atoms with Crippen LogP contribution in [0.25, 0.3) is 5.69 Å². The molecule has 0 saturated heterocycles. The lowest BCUT2D eigenvalue weighted by atomic mass is 10.1. The summed E-state index contributed by atoms with van der Waals surface area (Å²) in [5.41, 5.74) is 3.60. The number of nitrogens with one attached hydrogen (secondary N) is 1. The molecule has 0 bridgehead atoms. The summed E-state index contributed by atoms with van der Waals surface area (Å²) >= 11 is 0. The van der Waals surface area contributed by atoms with Crippen LogP contribution in [0.4, 0.5) is 0 Å². The van der Waals surface area contributed by atoms with Gasteiger partial charge in [-0.05, 0) is 31.9 Å². The molecule has 3 aromatic rings. The van der Waals surface area contributed by atoms with Crippen molar-refractivity contribution in [1.82, 2.24) is 24.4 Å². The first kappa shape index (κ1) is 15.6. The molecule has 1 aliphatic rings. The first-order chi connectivity index (χ1) is 12.2. The highest BCUT2D eigenvalue weighted by atomic mass is 16.1. The molecule has 3 heterocycles. The van der Waals surface area contributed by atoms with Crippen molar-refractivity contribution in [1.29, 1.82) is 0 Å². The number of hydrogen-bond donors (Lipinski definition) is 1. The van der Waals surface area contributed by atoms with Crippen molar-refractivity contribution in [2.75, 3.05) is 0 Å². The Morgan fingerprint density at radius 1 is 1.32 bits per heavy atom. The van der Waals surface area contributed by atoms with Gasteiger partial charge in [-0.15, -0.1) is 0 Å². The molecule has 0 spiro atoms. The maximum absolute atomic E-state index is 12.8. The van der Waals surface area contributed by atoms with E-state index in [0.29, 0.717) is 12.1 Å². The van der Waals surface area contributed by atoms with Crippen LogP contribution in [-0.2, 0) is 19.5 Å². The minimum absolute atomic E-state index is 0.0845. The second kappa shape index (κ2) is 6.55. The Morgan fingerprint density at radius 3 is 3.08 bits per heavy atom. The van der Waals surface area contributed by atoms with E-state index in [1.165, 1.54) is 12.8 Å². The van der Waals surface area contributed by atoms with E-state index in [2.05, 4.69) is 19.9 Å². The summed E-state index contributed by atoms with van der Waals surface area (Å²) in [7, 11) is 0. The third-order valence-corrected chi connectivity index (χ3v) is 4.66. The van der Waals surface area contributed by atoms with E-state index in [0.717, 1.165) is 35.7 Å². The molecule has 0 atom stereocenters. The molecule has 6 heteroatoms. The van der Waals surface area contributed by atoms with Crippen LogP contribution in [0.2, 0.25) is 0 Å². The monoisotopic (exact) mass is 335 g/mol. The highest BCUT2D eigenvalue weighted by molar-refractivity contribution is 5.98. The number of imidazole rings is 2. The third kappa shape index (κ3) is 3.07. The van der Waals surface area contributed by atoms with Gasteiger partial charge in [-0.2, -0.15) is 0 Å². The predicted octanol–water partition coefficient (Wildman–Crippen LogP) is 2.64. The van der Waals surface area contributed by atoms with E-state index in [1.54, 1.807) is 12.5 Å². The molecule has 0 saturated carbocycles. The molecule has 2 aromatic heterocycles. The van der Waals surface area contributed by atoms with Crippen LogP contribution in [0.3, 0.4) is 0 Å². The molecular formula is C19H21N5O. The fraction of sp³-hybridized carbons (Fsp3) is 0.316. The summed E-state index contributed by atoms with van der Waals surface area (Å²) in [5.74, 6) is 1.05. The number of aromatic nitrogens is 4. The minimum Gasteiger partial charge on any atom is -0.346 e. The molecule has 1 aliphatic heterocycles. The summed E-state index contributed by atoms with van der Waals surface area (Å²) < 4.78 is 4.09. The maximum atomic E-state index is 12.8. The average molecular weight is 335 g/mol. The second-order valence-electron chi connectivity index (χ2n) is 6.45. The number of aryl methyl sites for hydroxylation is 2. The van der Waals surface area contributed by atoms with Gasteiger partial charge in [-0.3, -0.25) is 4.79 Å². The molecule has 0 aliphatic carbocycles. The zero-order valence-electron chi connectivity index (χ0n) is 14.3. The Kier molecular flexibility index (Phi) is 4.09. The van der Waals surface area contributed by atoms with Gasteiger partial charge in [0.15, 0.2) is 0 Å². The van der Waals surface area contributed by atoms with Gasteiger partial charge in [-0.25, -0.2) is 9.97 Å². The van der Waals surface area contributed by atoms with Gasteiger partial charge >= 0.3 is 0 Å². The number of fused-ring (bicyclic) bond motifs is 1. The number of rotatable bonds is 4. The van der Waals surface area contributed by atoms with Crippen molar-refractivity contribution in [3.8, 4) is 5.69 Å². The molecule has 0 fully saturated rings. The Hall–Kier alpha value is -2.89. The molecule has 1 N–H and O–H groups in total. The molecule has 1 amide bonds. The largest absolute Gasteiger partial charge is 0.346 e. The number of carbonyl (C=O) groups excluding carboxylic acids is 1. The third-order valence-electron chi connectivity index (χ3n) is 4.66. The van der Waals surface area contributed by atoms with Crippen molar-refractivity contribution in [3.63, 3.8) is 0 Å². The van der Waals surface area contributed by atoms with Crippen LogP contribution < -0.4 is 5.32 Å². The first-order valence-electron chi connectivity index (χ1n) is 8.63. The van der Waals surface area contributed by atoms with Crippen LogP contribution >= 0.6 is 0 Å². The fourth-order valence-electron chi connectivity index (χ4n) is 3.35. The van der Waals surface area contributed by atoms with E-state index < -0.39 is 0 Å². The van der Waals surface area contributed by atoms with Gasteiger partial charge < -0.3 is 14.5 Å². The molecule has 25 heavy (non-hydrogen) atoms. The smallest absolute Gasteiger partial charge is 0.253 e. The van der Waals surface area contributed by atoms with Crippen LogP contribution in [0.1, 0.15) is 40.3 Å². The Bertz CT molecular complexity index is 895. The van der Waals surface area contributed by atoms with Crippen molar-refractivity contribution < 1.29 is 4.79 Å². The lowest BCUT2D eigenvalue weighted by Gasteiger charge is -2.17. The fourth-order valence-corrected chi connectivity index (χ4v) is 3.35. The molecule has 6 nitrogen and oxygen atoms in total. The predicted molar refractivity (Wildman–Crippen MR) is 94.6 cm³/mol. The lowest BCUT2D eigenvalue weighted by molar-refractivity contribution is 0.0950. The Balaban J connectivity index is 1.56. The van der Waals surface area contributed by atoms with Crippen molar-refractivity contribution in [3.05, 3.63) is 65.8 Å². The lowest BCUT2D eigenvalue weighted by Crippen LogP contribution is -2.26. The zero-order valence-corrected chi connectivity index (χ0v) is 14.3. The van der Waals surface area contributed by atoms with Crippen LogP contribution in [0, 0.1) is 6.92 Å². The Labute approximate surface area is 146 Å². The van der Waals surface area contributed by atoms with Gasteiger partial charge in [-0.1, -0.05) is 11.6 Å². The van der Waals surface area contributed by atoms with Crippen LogP contribution in [0.5, 0.6) is 0 Å². The first-order valence-corrected chi connectivity index (χ1v) is 8.63. The van der Waals surface area contributed by atoms with Crippen LogP contribution in [-0.4, -0.2) is 25.0 Å². The molecule has 1 aromatic carbocycles. The highest BCUT2D eigenvalue weighted by Crippen LogP contribution is 2.18. The normalized spacial score (nSPS) is 13.5. The van der Waals surface area contributed by atoms with Gasteiger partial charge in [0.2, 0.25) is 0 Å². The van der Waals surface area contributed by atoms with E-state index >= 15 is 0 Å². The Morgan fingerprint density at radius 2 is 2.24 bits per heavy atom.